The van der Waals surface area contributed by atoms with E-state index in [4.69, 9.17) is 30.5 Å². The summed E-state index contributed by atoms with van der Waals surface area (Å²) in [5.74, 6) is 0.0342. The molecule has 0 bridgehead atoms. The Morgan fingerprint density at radius 1 is 1.04 bits per heavy atom. The zero-order valence-corrected chi connectivity index (χ0v) is 26.9. The Labute approximate surface area is 276 Å². The van der Waals surface area contributed by atoms with Crippen molar-refractivity contribution in [1.29, 1.82) is 0 Å². The second-order valence-corrected chi connectivity index (χ2v) is 13.0. The van der Waals surface area contributed by atoms with Crippen LogP contribution >= 0.6 is 11.6 Å². The predicted octanol–water partition coefficient (Wildman–Crippen LogP) is 6.16. The van der Waals surface area contributed by atoms with Gasteiger partial charge in [-0.05, 0) is 60.0 Å². The first-order valence-electron chi connectivity index (χ1n) is 15.8. The van der Waals surface area contributed by atoms with E-state index in [1.165, 1.54) is 11.0 Å². The third kappa shape index (κ3) is 7.90. The van der Waals surface area contributed by atoms with Crippen LogP contribution in [0.25, 0.3) is 0 Å². The smallest absolute Gasteiger partial charge is 0.393 e. The van der Waals surface area contributed by atoms with Crippen molar-refractivity contribution in [2.24, 2.45) is 5.92 Å². The van der Waals surface area contributed by atoms with E-state index in [1.54, 1.807) is 19.2 Å². The third-order valence-electron chi connectivity index (χ3n) is 9.22. The first-order valence-corrected chi connectivity index (χ1v) is 16.1. The van der Waals surface area contributed by atoms with Gasteiger partial charge in [0.2, 0.25) is 0 Å². The van der Waals surface area contributed by atoms with Gasteiger partial charge in [0.05, 0.1) is 18.6 Å². The van der Waals surface area contributed by atoms with Crippen molar-refractivity contribution in [2.75, 3.05) is 46.4 Å². The molecule has 3 aliphatic heterocycles. The molecule has 6 rings (SSSR count). The Bertz CT molecular complexity index is 1560. The second-order valence-electron chi connectivity index (χ2n) is 12.6. The molecule has 0 radical (unpaired) electrons. The number of aliphatic hydroxyl groups excluding tert-OH is 1. The van der Waals surface area contributed by atoms with Gasteiger partial charge >= 0.3 is 6.18 Å². The predicted molar refractivity (Wildman–Crippen MR) is 170 cm³/mol. The minimum absolute atomic E-state index is 0.000911. The van der Waals surface area contributed by atoms with Crippen molar-refractivity contribution < 1.29 is 42.0 Å². The fraction of sp³-hybridized carbons (Fsp3) is 0.457. The van der Waals surface area contributed by atoms with Crippen LogP contribution < -0.4 is 18.9 Å². The number of amides is 1. The number of halogens is 4. The number of carbonyl (C=O) groups excluding carboxylic acids is 1. The number of benzene rings is 3. The molecule has 3 aromatic carbocycles. The lowest BCUT2D eigenvalue weighted by Gasteiger charge is -2.39. The minimum Gasteiger partial charge on any atom is -0.497 e. The zero-order valence-electron chi connectivity index (χ0n) is 26.1. The van der Waals surface area contributed by atoms with E-state index in [1.807, 2.05) is 42.5 Å². The van der Waals surface area contributed by atoms with E-state index in [9.17, 15) is 23.1 Å². The maximum atomic E-state index is 13.4. The summed E-state index contributed by atoms with van der Waals surface area (Å²) in [5, 5.41) is 11.6. The molecule has 1 unspecified atom stereocenters. The van der Waals surface area contributed by atoms with Gasteiger partial charge < -0.3 is 33.9 Å². The Morgan fingerprint density at radius 3 is 2.49 bits per heavy atom. The summed E-state index contributed by atoms with van der Waals surface area (Å²) in [6.45, 7) is 1.52. The van der Waals surface area contributed by atoms with Crippen LogP contribution in [-0.2, 0) is 13.0 Å². The summed E-state index contributed by atoms with van der Waals surface area (Å²) < 4.78 is 63.5. The van der Waals surface area contributed by atoms with Gasteiger partial charge in [0.15, 0.2) is 0 Å². The normalized spacial score (nSPS) is 19.7. The monoisotopic (exact) mass is 674 g/mol. The van der Waals surface area contributed by atoms with Crippen molar-refractivity contribution in [3.8, 4) is 23.0 Å². The standard InChI is InChI=1S/C35H38ClF3N2O6/c1-44-28-5-2-23(3-6-28)21-45-29-7-8-30(33(43)41-13-10-25(19-41)35(37,38)39)32(17-29)46-22-27(42)20-40-14-11-34(12-15-40)18-24-16-26(36)4-9-31(24)47-34/h2-9,16-17,25,27,42H,10-15,18-22H2,1H3/t25?,27-/m0/s1. The van der Waals surface area contributed by atoms with Crippen LogP contribution in [0.4, 0.5) is 13.2 Å². The van der Waals surface area contributed by atoms with Gasteiger partial charge in [0.1, 0.15) is 47.9 Å². The summed E-state index contributed by atoms with van der Waals surface area (Å²) in [7, 11) is 1.58. The SMILES string of the molecule is COc1ccc(COc2ccc(C(=O)N3CCC(C(F)(F)F)C3)c(OC[C@@H](O)CN3CCC4(CC3)Cc3cc(Cl)ccc3O4)c2)cc1. The summed E-state index contributed by atoms with van der Waals surface area (Å²) in [4.78, 5) is 16.8. The van der Waals surface area contributed by atoms with Gasteiger partial charge in [-0.2, -0.15) is 13.2 Å². The number of rotatable bonds is 10. The topological polar surface area (TPSA) is 80.7 Å². The summed E-state index contributed by atoms with van der Waals surface area (Å²) in [6, 6.07) is 17.7. The third-order valence-corrected chi connectivity index (χ3v) is 9.45. The number of ether oxygens (including phenoxy) is 4. The molecular formula is C35H38ClF3N2O6. The summed E-state index contributed by atoms with van der Waals surface area (Å²) in [6.07, 6.45) is -2.99. The number of methoxy groups -OCH3 is 1. The molecule has 2 atom stereocenters. The van der Waals surface area contributed by atoms with Crippen molar-refractivity contribution in [3.63, 3.8) is 0 Å². The van der Waals surface area contributed by atoms with Gasteiger partial charge in [-0.3, -0.25) is 4.79 Å². The van der Waals surface area contributed by atoms with Crippen molar-refractivity contribution in [2.45, 2.75) is 50.2 Å². The highest BCUT2D eigenvalue weighted by atomic mass is 35.5. The first-order chi connectivity index (χ1) is 22.5. The van der Waals surface area contributed by atoms with Crippen LogP contribution in [0.1, 0.15) is 40.7 Å². The molecule has 2 saturated heterocycles. The van der Waals surface area contributed by atoms with Gasteiger partial charge in [-0.15, -0.1) is 0 Å². The largest absolute Gasteiger partial charge is 0.497 e. The van der Waals surface area contributed by atoms with E-state index in [0.29, 0.717) is 23.1 Å². The lowest BCUT2D eigenvalue weighted by atomic mass is 9.87. The number of β-amino-alcohol motifs (C(OH)–C–C–N with tert-alkyl or cyclic N) is 1. The molecule has 252 valence electrons. The number of carbonyl (C=O) groups is 1. The Balaban J connectivity index is 1.08. The fourth-order valence-corrected chi connectivity index (χ4v) is 6.71. The average Bonchev–Trinajstić information content (AvgIpc) is 3.70. The Morgan fingerprint density at radius 2 is 1.79 bits per heavy atom. The van der Waals surface area contributed by atoms with Gasteiger partial charge in [0, 0.05) is 63.1 Å². The van der Waals surface area contributed by atoms with E-state index in [-0.39, 0.29) is 43.1 Å². The highest BCUT2D eigenvalue weighted by Crippen LogP contribution is 2.42. The fourth-order valence-electron chi connectivity index (χ4n) is 6.52. The lowest BCUT2D eigenvalue weighted by Crippen LogP contribution is -2.49. The highest BCUT2D eigenvalue weighted by molar-refractivity contribution is 6.30. The summed E-state index contributed by atoms with van der Waals surface area (Å²) >= 11 is 6.17. The number of aliphatic hydroxyl groups is 1. The molecule has 0 saturated carbocycles. The lowest BCUT2D eigenvalue weighted by molar-refractivity contribution is -0.169. The van der Waals surface area contributed by atoms with Gasteiger partial charge in [0.25, 0.3) is 5.91 Å². The maximum absolute atomic E-state index is 13.4. The molecule has 0 aliphatic carbocycles. The number of hydrogen-bond acceptors (Lipinski definition) is 7. The Hall–Kier alpha value is -3.67. The second kappa shape index (κ2) is 13.8. The molecular weight excluding hydrogens is 637 g/mol. The van der Waals surface area contributed by atoms with E-state index in [0.717, 1.165) is 49.2 Å². The first kappa shape index (κ1) is 33.2. The molecule has 3 aliphatic rings. The number of fused-ring (bicyclic) bond motifs is 1. The molecule has 12 heteroatoms. The molecule has 1 amide bonds. The molecule has 47 heavy (non-hydrogen) atoms. The maximum Gasteiger partial charge on any atom is 0.393 e. The molecule has 0 aromatic heterocycles. The minimum atomic E-state index is -4.37. The van der Waals surface area contributed by atoms with Crippen LogP contribution in [-0.4, -0.2) is 85.1 Å². The molecule has 8 nitrogen and oxygen atoms in total. The number of nitrogens with zero attached hydrogens (tertiary/aromatic N) is 2. The molecule has 1 spiro atoms. The van der Waals surface area contributed by atoms with Crippen molar-refractivity contribution in [3.05, 3.63) is 82.4 Å². The number of hydrogen-bond donors (Lipinski definition) is 1. The summed E-state index contributed by atoms with van der Waals surface area (Å²) in [5.41, 5.74) is 1.85. The van der Waals surface area contributed by atoms with E-state index in [2.05, 4.69) is 4.90 Å². The van der Waals surface area contributed by atoms with Crippen LogP contribution in [0.15, 0.2) is 60.7 Å². The zero-order chi connectivity index (χ0) is 33.2. The van der Waals surface area contributed by atoms with Gasteiger partial charge in [-0.1, -0.05) is 23.7 Å². The van der Waals surface area contributed by atoms with Crippen LogP contribution in [0.3, 0.4) is 0 Å². The van der Waals surface area contributed by atoms with Gasteiger partial charge in [-0.25, -0.2) is 0 Å². The molecule has 2 fully saturated rings. The number of likely N-dealkylation sites (tertiary alicyclic amines) is 2. The quantitative estimate of drug-likeness (QED) is 0.276. The molecule has 1 N–H and O–H groups in total. The van der Waals surface area contributed by atoms with Crippen LogP contribution in [0.2, 0.25) is 5.02 Å². The van der Waals surface area contributed by atoms with E-state index < -0.39 is 30.7 Å². The highest BCUT2D eigenvalue weighted by Gasteiger charge is 2.45. The Kier molecular flexibility index (Phi) is 9.77. The average molecular weight is 675 g/mol. The molecule has 3 aromatic rings. The molecule has 3 heterocycles. The van der Waals surface area contributed by atoms with Crippen LogP contribution in [0.5, 0.6) is 23.0 Å². The van der Waals surface area contributed by atoms with Crippen molar-refractivity contribution in [1.82, 2.24) is 9.80 Å². The van der Waals surface area contributed by atoms with E-state index >= 15 is 0 Å². The van der Waals surface area contributed by atoms with Crippen molar-refractivity contribution >= 4 is 17.5 Å². The number of alkyl halides is 3. The number of piperidine rings is 1. The van der Waals surface area contributed by atoms with Crippen LogP contribution in [0, 0.1) is 5.92 Å².